The zero-order valence-electron chi connectivity index (χ0n) is 6.77. The van der Waals surface area contributed by atoms with Crippen LogP contribution in [0.1, 0.15) is 6.92 Å². The molecule has 13 heavy (non-hydrogen) atoms. The number of halogens is 1. The number of nitrogens with zero attached hydrogens (tertiary/aromatic N) is 2. The van der Waals surface area contributed by atoms with E-state index in [2.05, 4.69) is 9.97 Å². The first kappa shape index (κ1) is 10.2. The third-order valence-corrected chi connectivity index (χ3v) is 2.47. The number of ether oxygens (including phenoxy) is 1. The summed E-state index contributed by atoms with van der Waals surface area (Å²) in [6, 6.07) is 0.131. The van der Waals surface area contributed by atoms with Gasteiger partial charge < -0.3 is 4.74 Å². The molecule has 0 aliphatic heterocycles. The molecular formula is C6H7ClN2O3S. The molecular weight excluding hydrogens is 216 g/mol. The largest absolute Gasteiger partial charge is 0.464 e. The maximum absolute atomic E-state index is 10.7. The fourth-order valence-corrected chi connectivity index (χ4v) is 1.23. The molecule has 0 amide bonds. The van der Waals surface area contributed by atoms with Crippen molar-refractivity contribution in [3.63, 3.8) is 0 Å². The highest BCUT2D eigenvalue weighted by molar-refractivity contribution is 8.13. The maximum atomic E-state index is 10.7. The average Bonchev–Trinajstić information content (AvgIpc) is 2.04. The number of aromatic nitrogens is 2. The Morgan fingerprint density at radius 2 is 2.00 bits per heavy atom. The van der Waals surface area contributed by atoms with Gasteiger partial charge >= 0.3 is 6.01 Å². The van der Waals surface area contributed by atoms with Crippen LogP contribution in [-0.4, -0.2) is 25.0 Å². The van der Waals surface area contributed by atoms with Crippen LogP contribution in [0.25, 0.3) is 0 Å². The van der Waals surface area contributed by atoms with E-state index in [1.165, 1.54) is 0 Å². The van der Waals surface area contributed by atoms with Crippen LogP contribution in [0.4, 0.5) is 0 Å². The zero-order chi connectivity index (χ0) is 9.90. The molecule has 0 saturated heterocycles. The van der Waals surface area contributed by atoms with E-state index in [0.717, 1.165) is 12.4 Å². The van der Waals surface area contributed by atoms with E-state index in [0.29, 0.717) is 6.61 Å². The van der Waals surface area contributed by atoms with Crippen LogP contribution < -0.4 is 4.74 Å². The van der Waals surface area contributed by atoms with Crippen molar-refractivity contribution in [1.29, 1.82) is 0 Å². The minimum Gasteiger partial charge on any atom is -0.464 e. The second-order valence-corrected chi connectivity index (χ2v) is 4.64. The van der Waals surface area contributed by atoms with E-state index in [1.807, 2.05) is 0 Å². The SMILES string of the molecule is CCOc1ncc(S(=O)(=O)Cl)cn1. The predicted molar refractivity (Wildman–Crippen MR) is 46.2 cm³/mol. The van der Waals surface area contributed by atoms with Crippen molar-refractivity contribution in [3.8, 4) is 6.01 Å². The summed E-state index contributed by atoms with van der Waals surface area (Å²) in [5.41, 5.74) is 0. The Hall–Kier alpha value is -0.880. The van der Waals surface area contributed by atoms with Crippen LogP contribution in [0, 0.1) is 0 Å². The van der Waals surface area contributed by atoms with Gasteiger partial charge in [0.25, 0.3) is 9.05 Å². The Kier molecular flexibility index (Phi) is 3.05. The Morgan fingerprint density at radius 3 is 2.38 bits per heavy atom. The predicted octanol–water partition coefficient (Wildman–Crippen LogP) is 0.803. The first-order valence-electron chi connectivity index (χ1n) is 3.43. The van der Waals surface area contributed by atoms with Crippen molar-refractivity contribution in [2.75, 3.05) is 6.61 Å². The smallest absolute Gasteiger partial charge is 0.316 e. The third-order valence-electron chi connectivity index (χ3n) is 1.16. The molecule has 1 rings (SSSR count). The summed E-state index contributed by atoms with van der Waals surface area (Å²) in [6.07, 6.45) is 2.20. The Labute approximate surface area is 80.1 Å². The third kappa shape index (κ3) is 2.82. The zero-order valence-corrected chi connectivity index (χ0v) is 8.34. The molecule has 0 aromatic carbocycles. The van der Waals surface area contributed by atoms with Crippen LogP contribution in [0.3, 0.4) is 0 Å². The van der Waals surface area contributed by atoms with E-state index in [9.17, 15) is 8.42 Å². The van der Waals surface area contributed by atoms with Gasteiger partial charge in [-0.05, 0) is 6.92 Å². The first-order chi connectivity index (χ1) is 6.04. The van der Waals surface area contributed by atoms with Gasteiger partial charge in [0.1, 0.15) is 4.90 Å². The van der Waals surface area contributed by atoms with Crippen molar-refractivity contribution in [2.24, 2.45) is 0 Å². The highest BCUT2D eigenvalue weighted by Gasteiger charge is 2.10. The molecule has 5 nitrogen and oxygen atoms in total. The van der Waals surface area contributed by atoms with Gasteiger partial charge in [0.15, 0.2) is 0 Å². The maximum Gasteiger partial charge on any atom is 0.316 e. The summed E-state index contributed by atoms with van der Waals surface area (Å²) in [5.74, 6) is 0. The van der Waals surface area contributed by atoms with E-state index in [-0.39, 0.29) is 10.9 Å². The minimum absolute atomic E-state index is 0.131. The molecule has 0 bridgehead atoms. The lowest BCUT2D eigenvalue weighted by atomic mass is 10.7. The molecule has 0 aliphatic rings. The normalized spacial score (nSPS) is 11.2. The fraction of sp³-hybridized carbons (Fsp3) is 0.333. The molecule has 0 saturated carbocycles. The monoisotopic (exact) mass is 222 g/mol. The lowest BCUT2D eigenvalue weighted by molar-refractivity contribution is 0.311. The first-order valence-corrected chi connectivity index (χ1v) is 5.74. The van der Waals surface area contributed by atoms with E-state index < -0.39 is 9.05 Å². The standard InChI is InChI=1S/C6H7ClN2O3S/c1-2-12-6-8-3-5(4-9-6)13(7,10)11/h3-4H,2H2,1H3. The molecule has 0 fully saturated rings. The van der Waals surface area contributed by atoms with Gasteiger partial charge in [-0.1, -0.05) is 0 Å². The van der Waals surface area contributed by atoms with Crippen LogP contribution in [0.5, 0.6) is 6.01 Å². The molecule has 0 N–H and O–H groups in total. The lowest BCUT2D eigenvalue weighted by Crippen LogP contribution is -1.99. The van der Waals surface area contributed by atoms with Crippen molar-refractivity contribution in [1.82, 2.24) is 9.97 Å². The van der Waals surface area contributed by atoms with Crippen LogP contribution in [0.2, 0.25) is 0 Å². The fourth-order valence-electron chi connectivity index (χ4n) is 0.634. The molecule has 1 aromatic rings. The van der Waals surface area contributed by atoms with Crippen molar-refractivity contribution in [3.05, 3.63) is 12.4 Å². The van der Waals surface area contributed by atoms with Gasteiger partial charge in [0.2, 0.25) is 0 Å². The van der Waals surface area contributed by atoms with Gasteiger partial charge in [-0.3, -0.25) is 0 Å². The second-order valence-electron chi connectivity index (χ2n) is 2.07. The van der Waals surface area contributed by atoms with Gasteiger partial charge in [0, 0.05) is 10.7 Å². The van der Waals surface area contributed by atoms with E-state index >= 15 is 0 Å². The Balaban J connectivity index is 2.94. The van der Waals surface area contributed by atoms with Crippen LogP contribution >= 0.6 is 10.7 Å². The minimum atomic E-state index is -3.74. The molecule has 0 aliphatic carbocycles. The summed E-state index contributed by atoms with van der Waals surface area (Å²) in [7, 11) is 1.30. The average molecular weight is 223 g/mol. The topological polar surface area (TPSA) is 69.2 Å². The van der Waals surface area contributed by atoms with Gasteiger partial charge in [-0.25, -0.2) is 18.4 Å². The summed E-state index contributed by atoms with van der Waals surface area (Å²) >= 11 is 0. The molecule has 0 atom stereocenters. The molecule has 0 radical (unpaired) electrons. The van der Waals surface area contributed by atoms with Crippen molar-refractivity contribution in [2.45, 2.75) is 11.8 Å². The van der Waals surface area contributed by atoms with Gasteiger partial charge in [0.05, 0.1) is 19.0 Å². The van der Waals surface area contributed by atoms with E-state index in [1.54, 1.807) is 6.92 Å². The van der Waals surface area contributed by atoms with Crippen LogP contribution in [0.15, 0.2) is 17.3 Å². The summed E-state index contributed by atoms with van der Waals surface area (Å²) in [6.45, 7) is 2.20. The number of rotatable bonds is 3. The summed E-state index contributed by atoms with van der Waals surface area (Å²) in [4.78, 5) is 7.13. The molecule has 7 heteroatoms. The quantitative estimate of drug-likeness (QED) is 0.708. The van der Waals surface area contributed by atoms with Crippen molar-refractivity contribution < 1.29 is 13.2 Å². The van der Waals surface area contributed by atoms with Crippen LogP contribution in [-0.2, 0) is 9.05 Å². The second kappa shape index (κ2) is 3.89. The summed E-state index contributed by atoms with van der Waals surface area (Å²) < 4.78 is 26.4. The molecule has 0 spiro atoms. The number of hydrogen-bond acceptors (Lipinski definition) is 5. The summed E-state index contributed by atoms with van der Waals surface area (Å²) in [5, 5.41) is 0. The Bertz CT molecular complexity index is 375. The Morgan fingerprint density at radius 1 is 1.46 bits per heavy atom. The highest BCUT2D eigenvalue weighted by Crippen LogP contribution is 2.13. The van der Waals surface area contributed by atoms with Gasteiger partial charge in [-0.2, -0.15) is 0 Å². The molecule has 72 valence electrons. The van der Waals surface area contributed by atoms with E-state index in [4.69, 9.17) is 15.4 Å². The highest BCUT2D eigenvalue weighted by atomic mass is 35.7. The molecule has 1 aromatic heterocycles. The number of hydrogen-bond donors (Lipinski definition) is 0. The van der Waals surface area contributed by atoms with Gasteiger partial charge in [-0.15, -0.1) is 0 Å². The lowest BCUT2D eigenvalue weighted by Gasteiger charge is -1.99. The molecule has 1 heterocycles. The van der Waals surface area contributed by atoms with Crippen molar-refractivity contribution >= 4 is 19.7 Å². The molecule has 0 unspecified atom stereocenters.